The predicted molar refractivity (Wildman–Crippen MR) is 111 cm³/mol. The molecule has 1 unspecified atom stereocenters. The molecule has 146 valence electrons. The van der Waals surface area contributed by atoms with Crippen LogP contribution in [0.25, 0.3) is 10.9 Å². The number of benzene rings is 2. The number of H-pyrrole nitrogens is 1. The highest BCUT2D eigenvalue weighted by molar-refractivity contribution is 5.90. The maximum atomic E-state index is 12.0. The second-order valence-electron chi connectivity index (χ2n) is 7.52. The molecule has 0 amide bonds. The summed E-state index contributed by atoms with van der Waals surface area (Å²) in [5, 5.41) is 1.15. The van der Waals surface area contributed by atoms with E-state index in [2.05, 4.69) is 11.2 Å². The number of nitrogen functional groups attached to an aromatic ring is 1. The van der Waals surface area contributed by atoms with E-state index >= 15 is 0 Å². The van der Waals surface area contributed by atoms with Gasteiger partial charge >= 0.3 is 5.97 Å². The number of carbonyl (C=O) groups excluding carboxylic acids is 1. The Morgan fingerprint density at radius 3 is 2.61 bits per heavy atom. The molecule has 28 heavy (non-hydrogen) atoms. The number of aromatic nitrogens is 1. The number of fused-ring (bicyclic) bond motifs is 1. The molecule has 0 saturated heterocycles. The van der Waals surface area contributed by atoms with Crippen molar-refractivity contribution in [2.24, 2.45) is 5.92 Å². The van der Waals surface area contributed by atoms with E-state index in [0.717, 1.165) is 27.9 Å². The number of ether oxygens (including phenoxy) is 2. The standard InChI is InChI=1S/C23H26N2O3/c1-27-21-11-15(23(26)28-2)7-9-17(21)22(14-5-3-4-6-14)19-13-25-20-10-8-16(24)12-18(19)20/h7-14,22,25H,3-6,24H2,1-2H3. The van der Waals surface area contributed by atoms with E-state index in [1.165, 1.54) is 38.4 Å². The molecule has 1 aromatic heterocycles. The molecule has 3 N–H and O–H groups in total. The van der Waals surface area contributed by atoms with Crippen LogP contribution in [0.15, 0.2) is 42.6 Å². The normalized spacial score (nSPS) is 15.6. The summed E-state index contributed by atoms with van der Waals surface area (Å²) in [5.74, 6) is 1.07. The molecule has 3 aromatic rings. The second kappa shape index (κ2) is 7.58. The van der Waals surface area contributed by atoms with Gasteiger partial charge in [-0.1, -0.05) is 18.9 Å². The Morgan fingerprint density at radius 2 is 1.89 bits per heavy atom. The molecule has 0 bridgehead atoms. The Balaban J connectivity index is 1.87. The van der Waals surface area contributed by atoms with Crippen LogP contribution in [-0.4, -0.2) is 25.2 Å². The zero-order chi connectivity index (χ0) is 19.7. The first-order valence-corrected chi connectivity index (χ1v) is 9.75. The Kier molecular flexibility index (Phi) is 4.99. The molecule has 5 nitrogen and oxygen atoms in total. The van der Waals surface area contributed by atoms with Gasteiger partial charge in [0.1, 0.15) is 5.75 Å². The third kappa shape index (κ3) is 3.21. The largest absolute Gasteiger partial charge is 0.496 e. The topological polar surface area (TPSA) is 77.3 Å². The summed E-state index contributed by atoms with van der Waals surface area (Å²) in [6.07, 6.45) is 6.95. The van der Waals surface area contributed by atoms with Gasteiger partial charge in [0.05, 0.1) is 19.8 Å². The monoisotopic (exact) mass is 378 g/mol. The van der Waals surface area contributed by atoms with Crippen LogP contribution in [0.2, 0.25) is 0 Å². The zero-order valence-corrected chi connectivity index (χ0v) is 16.3. The summed E-state index contributed by atoms with van der Waals surface area (Å²) >= 11 is 0. The second-order valence-corrected chi connectivity index (χ2v) is 7.52. The molecule has 0 radical (unpaired) electrons. The van der Waals surface area contributed by atoms with E-state index < -0.39 is 0 Å². The molecule has 4 rings (SSSR count). The first-order valence-electron chi connectivity index (χ1n) is 9.75. The number of methoxy groups -OCH3 is 2. The third-order valence-corrected chi connectivity index (χ3v) is 5.93. The molecule has 1 aliphatic carbocycles. The van der Waals surface area contributed by atoms with Crippen molar-refractivity contribution in [1.82, 2.24) is 4.98 Å². The van der Waals surface area contributed by atoms with Crippen LogP contribution >= 0.6 is 0 Å². The van der Waals surface area contributed by atoms with E-state index in [-0.39, 0.29) is 11.9 Å². The lowest BCUT2D eigenvalue weighted by atomic mass is 9.79. The van der Waals surface area contributed by atoms with Crippen molar-refractivity contribution in [2.45, 2.75) is 31.6 Å². The van der Waals surface area contributed by atoms with E-state index in [1.54, 1.807) is 13.2 Å². The Labute approximate surface area is 164 Å². The van der Waals surface area contributed by atoms with Gasteiger partial charge in [0.2, 0.25) is 0 Å². The number of hydrogen-bond donors (Lipinski definition) is 2. The molecule has 0 aliphatic heterocycles. The van der Waals surface area contributed by atoms with Crippen LogP contribution in [0.3, 0.4) is 0 Å². The number of nitrogens with two attached hydrogens (primary N) is 1. The van der Waals surface area contributed by atoms with E-state index in [1.807, 2.05) is 30.3 Å². The summed E-state index contributed by atoms with van der Waals surface area (Å²) in [4.78, 5) is 15.4. The number of nitrogens with one attached hydrogen (secondary N) is 1. The SMILES string of the molecule is COC(=O)c1ccc(C(c2c[nH]c3ccc(N)cc23)C2CCCC2)c(OC)c1. The molecule has 5 heteroatoms. The van der Waals surface area contributed by atoms with Gasteiger partial charge in [-0.15, -0.1) is 0 Å². The van der Waals surface area contributed by atoms with Crippen LogP contribution in [0.5, 0.6) is 5.75 Å². The maximum Gasteiger partial charge on any atom is 0.337 e. The Hall–Kier alpha value is -2.95. The molecule has 1 atom stereocenters. The number of anilines is 1. The summed E-state index contributed by atoms with van der Waals surface area (Å²) < 4.78 is 10.6. The molecule has 1 heterocycles. The van der Waals surface area contributed by atoms with Crippen molar-refractivity contribution >= 4 is 22.6 Å². The highest BCUT2D eigenvalue weighted by Gasteiger charge is 2.32. The van der Waals surface area contributed by atoms with Crippen molar-refractivity contribution in [3.05, 3.63) is 59.3 Å². The fraction of sp³-hybridized carbons (Fsp3) is 0.348. The first kappa shape index (κ1) is 18.4. The minimum atomic E-state index is -0.359. The Bertz CT molecular complexity index is 1000. The predicted octanol–water partition coefficient (Wildman–Crippen LogP) is 4.87. The smallest absolute Gasteiger partial charge is 0.337 e. The van der Waals surface area contributed by atoms with E-state index in [4.69, 9.17) is 15.2 Å². The molecule has 0 spiro atoms. The summed E-state index contributed by atoms with van der Waals surface area (Å²) in [6, 6.07) is 11.6. The lowest BCUT2D eigenvalue weighted by Crippen LogP contribution is -2.13. The summed E-state index contributed by atoms with van der Waals surface area (Å²) in [5.41, 5.74) is 10.7. The highest BCUT2D eigenvalue weighted by atomic mass is 16.5. The summed E-state index contributed by atoms with van der Waals surface area (Å²) in [6.45, 7) is 0. The van der Waals surface area contributed by atoms with Crippen LogP contribution in [-0.2, 0) is 4.74 Å². The van der Waals surface area contributed by atoms with E-state index in [0.29, 0.717) is 11.5 Å². The van der Waals surface area contributed by atoms with Crippen molar-refractivity contribution in [1.29, 1.82) is 0 Å². The minimum Gasteiger partial charge on any atom is -0.496 e. The lowest BCUT2D eigenvalue weighted by molar-refractivity contribution is 0.0600. The molecule has 1 aliphatic rings. The van der Waals surface area contributed by atoms with Gasteiger partial charge in [-0.25, -0.2) is 4.79 Å². The lowest BCUT2D eigenvalue weighted by Gasteiger charge is -2.26. The maximum absolute atomic E-state index is 12.0. The van der Waals surface area contributed by atoms with Crippen molar-refractivity contribution < 1.29 is 14.3 Å². The summed E-state index contributed by atoms with van der Waals surface area (Å²) in [7, 11) is 3.04. The van der Waals surface area contributed by atoms with Crippen LogP contribution in [0.4, 0.5) is 5.69 Å². The Morgan fingerprint density at radius 1 is 1.11 bits per heavy atom. The fourth-order valence-corrected chi connectivity index (χ4v) is 4.60. The van der Waals surface area contributed by atoms with Crippen molar-refractivity contribution in [3.8, 4) is 5.75 Å². The molecule has 2 aromatic carbocycles. The zero-order valence-electron chi connectivity index (χ0n) is 16.3. The quantitative estimate of drug-likeness (QED) is 0.491. The van der Waals surface area contributed by atoms with Crippen molar-refractivity contribution in [3.63, 3.8) is 0 Å². The number of rotatable bonds is 5. The minimum absolute atomic E-state index is 0.180. The van der Waals surface area contributed by atoms with Crippen LogP contribution in [0.1, 0.15) is 53.1 Å². The van der Waals surface area contributed by atoms with Gasteiger partial charge in [0.15, 0.2) is 0 Å². The number of carbonyl (C=O) groups is 1. The van der Waals surface area contributed by atoms with Gasteiger partial charge in [-0.3, -0.25) is 0 Å². The average Bonchev–Trinajstić information content (AvgIpc) is 3.38. The highest BCUT2D eigenvalue weighted by Crippen LogP contribution is 2.46. The van der Waals surface area contributed by atoms with Crippen LogP contribution < -0.4 is 10.5 Å². The number of esters is 1. The van der Waals surface area contributed by atoms with Crippen molar-refractivity contribution in [2.75, 3.05) is 20.0 Å². The number of aromatic amines is 1. The average molecular weight is 378 g/mol. The number of hydrogen-bond acceptors (Lipinski definition) is 4. The van der Waals surface area contributed by atoms with Gasteiger partial charge in [-0.2, -0.15) is 0 Å². The van der Waals surface area contributed by atoms with Gasteiger partial charge in [-0.05, 0) is 54.7 Å². The molecular weight excluding hydrogens is 352 g/mol. The molecule has 1 saturated carbocycles. The fourth-order valence-electron chi connectivity index (χ4n) is 4.60. The van der Waals surface area contributed by atoms with Gasteiger partial charge < -0.3 is 20.2 Å². The van der Waals surface area contributed by atoms with Gasteiger partial charge in [0, 0.05) is 34.3 Å². The first-order chi connectivity index (χ1) is 13.6. The van der Waals surface area contributed by atoms with Gasteiger partial charge in [0.25, 0.3) is 0 Å². The van der Waals surface area contributed by atoms with Crippen LogP contribution in [0, 0.1) is 5.92 Å². The molecule has 1 fully saturated rings. The third-order valence-electron chi connectivity index (χ3n) is 5.93. The molecular formula is C23H26N2O3. The van der Waals surface area contributed by atoms with E-state index in [9.17, 15) is 4.79 Å².